The van der Waals surface area contributed by atoms with Crippen LogP contribution < -0.4 is 0 Å². The molecule has 30 heavy (non-hydrogen) atoms. The van der Waals surface area contributed by atoms with Crippen LogP contribution in [0.2, 0.25) is 0 Å². The molecule has 0 amide bonds. The quantitative estimate of drug-likeness (QED) is 0.416. The van der Waals surface area contributed by atoms with E-state index in [-0.39, 0.29) is 22.8 Å². The highest BCUT2D eigenvalue weighted by molar-refractivity contribution is 7.92. The van der Waals surface area contributed by atoms with Gasteiger partial charge in [-0.25, -0.2) is 17.2 Å². The Morgan fingerprint density at radius 3 is 2.43 bits per heavy atom. The molecular formula is C24H37F2NO2S. The number of halogens is 2. The van der Waals surface area contributed by atoms with Crippen molar-refractivity contribution in [2.45, 2.75) is 59.3 Å². The molecule has 2 rings (SSSR count). The number of nitrogens with zero attached hydrogens (tertiary/aromatic N) is 1. The molecule has 6 heteroatoms. The molecule has 2 saturated heterocycles. The van der Waals surface area contributed by atoms with Crippen LogP contribution in [0.5, 0.6) is 0 Å². The number of sulfone groups is 1. The van der Waals surface area contributed by atoms with Crippen LogP contribution in [-0.2, 0) is 9.84 Å². The van der Waals surface area contributed by atoms with Crippen molar-refractivity contribution in [3.63, 3.8) is 0 Å². The van der Waals surface area contributed by atoms with Gasteiger partial charge in [-0.15, -0.1) is 0 Å². The number of alkyl halides is 2. The minimum Gasteiger partial charge on any atom is -0.302 e. The molecule has 0 saturated carbocycles. The molecule has 2 aliphatic heterocycles. The third-order valence-electron chi connectivity index (χ3n) is 6.01. The van der Waals surface area contributed by atoms with Crippen molar-refractivity contribution < 1.29 is 17.2 Å². The molecule has 0 unspecified atom stereocenters. The summed E-state index contributed by atoms with van der Waals surface area (Å²) in [5, 5.41) is 0. The van der Waals surface area contributed by atoms with Crippen LogP contribution in [0.25, 0.3) is 0 Å². The number of hydrogen-bond acceptors (Lipinski definition) is 3. The molecule has 0 aromatic heterocycles. The third kappa shape index (κ3) is 6.61. The van der Waals surface area contributed by atoms with E-state index in [2.05, 4.69) is 25.3 Å². The molecule has 0 radical (unpaired) electrons. The van der Waals surface area contributed by atoms with Gasteiger partial charge in [0.1, 0.15) is 0 Å². The first-order valence-electron chi connectivity index (χ1n) is 10.8. The first-order valence-corrected chi connectivity index (χ1v) is 12.7. The number of allylic oxidation sites excluding steroid dienone is 7. The Labute approximate surface area is 181 Å². The van der Waals surface area contributed by atoms with Crippen molar-refractivity contribution in [3.8, 4) is 0 Å². The zero-order chi connectivity index (χ0) is 22.6. The van der Waals surface area contributed by atoms with Gasteiger partial charge < -0.3 is 4.90 Å². The molecule has 1 spiro atoms. The van der Waals surface area contributed by atoms with Gasteiger partial charge >= 0.3 is 0 Å². The third-order valence-corrected chi connectivity index (χ3v) is 8.11. The van der Waals surface area contributed by atoms with Gasteiger partial charge in [-0.2, -0.15) is 0 Å². The molecule has 0 aromatic rings. The molecule has 0 aliphatic carbocycles. The molecular weight excluding hydrogens is 404 g/mol. The zero-order valence-electron chi connectivity index (χ0n) is 18.9. The Morgan fingerprint density at radius 2 is 1.90 bits per heavy atom. The summed E-state index contributed by atoms with van der Waals surface area (Å²) in [6.07, 6.45) is 10.3. The summed E-state index contributed by atoms with van der Waals surface area (Å²) in [5.74, 6) is -2.18. The standard InChI is InChI=1S/C24H37F2NO2S/c1-6-9-20(10-11-21(8-3)24(25,26)12-7-2)15-22(4,5)16-27-14-13-23(17-27)18-30(28,29)19-23/h6,8-11H,1,7,12-19H2,2-5H3/b11-10-,20-9?,21-8+. The summed E-state index contributed by atoms with van der Waals surface area (Å²) in [5.41, 5.74) is 0.891. The maximum atomic E-state index is 14.3. The average Bonchev–Trinajstić information content (AvgIpc) is 2.95. The summed E-state index contributed by atoms with van der Waals surface area (Å²) in [4.78, 5) is 2.36. The zero-order valence-corrected chi connectivity index (χ0v) is 19.7. The van der Waals surface area contributed by atoms with E-state index < -0.39 is 15.8 Å². The highest BCUT2D eigenvalue weighted by atomic mass is 32.2. The van der Waals surface area contributed by atoms with Gasteiger partial charge in [0.15, 0.2) is 9.84 Å². The topological polar surface area (TPSA) is 37.4 Å². The van der Waals surface area contributed by atoms with Crippen LogP contribution >= 0.6 is 0 Å². The van der Waals surface area contributed by atoms with Crippen LogP contribution in [0.4, 0.5) is 8.78 Å². The largest absolute Gasteiger partial charge is 0.302 e. The molecule has 0 bridgehead atoms. The van der Waals surface area contributed by atoms with Gasteiger partial charge in [-0.3, -0.25) is 0 Å². The monoisotopic (exact) mass is 441 g/mol. The summed E-state index contributed by atoms with van der Waals surface area (Å²) >= 11 is 0. The Hall–Kier alpha value is -1.27. The second-order valence-electron chi connectivity index (χ2n) is 9.84. The van der Waals surface area contributed by atoms with Gasteiger partial charge in [0.25, 0.3) is 5.92 Å². The van der Waals surface area contributed by atoms with Crippen LogP contribution in [0.15, 0.2) is 48.1 Å². The van der Waals surface area contributed by atoms with E-state index in [0.29, 0.717) is 17.9 Å². The highest BCUT2D eigenvalue weighted by Crippen LogP contribution is 2.42. The predicted octanol–water partition coefficient (Wildman–Crippen LogP) is 5.57. The highest BCUT2D eigenvalue weighted by Gasteiger charge is 2.52. The molecule has 0 aromatic carbocycles. The fourth-order valence-electron chi connectivity index (χ4n) is 4.91. The van der Waals surface area contributed by atoms with Gasteiger partial charge in [-0.05, 0) is 37.3 Å². The Morgan fingerprint density at radius 1 is 1.23 bits per heavy atom. The number of hydrogen-bond donors (Lipinski definition) is 0. The maximum absolute atomic E-state index is 14.3. The minimum absolute atomic E-state index is 0.0414. The van der Waals surface area contributed by atoms with Crippen LogP contribution in [0.3, 0.4) is 0 Å². The number of rotatable bonds is 10. The molecule has 170 valence electrons. The van der Waals surface area contributed by atoms with Gasteiger partial charge in [0, 0.05) is 30.5 Å². The molecule has 3 nitrogen and oxygen atoms in total. The lowest BCUT2D eigenvalue weighted by Crippen LogP contribution is -2.50. The maximum Gasteiger partial charge on any atom is 0.272 e. The van der Waals surface area contributed by atoms with Crippen LogP contribution in [0, 0.1) is 10.8 Å². The van der Waals surface area contributed by atoms with Crippen molar-refractivity contribution in [1.29, 1.82) is 0 Å². The van der Waals surface area contributed by atoms with Crippen molar-refractivity contribution in [2.24, 2.45) is 10.8 Å². The van der Waals surface area contributed by atoms with E-state index in [1.54, 1.807) is 26.0 Å². The Bertz CT molecular complexity index is 810. The minimum atomic E-state index is -2.82. The molecule has 2 aliphatic rings. The molecule has 2 heterocycles. The summed E-state index contributed by atoms with van der Waals surface area (Å²) in [6, 6.07) is 0. The van der Waals surface area contributed by atoms with Crippen molar-refractivity contribution in [1.82, 2.24) is 4.90 Å². The second kappa shape index (κ2) is 9.47. The van der Waals surface area contributed by atoms with E-state index >= 15 is 0 Å². The fourth-order valence-corrected chi connectivity index (χ4v) is 7.16. The summed E-state index contributed by atoms with van der Waals surface area (Å²) < 4.78 is 51.8. The Kier molecular flexibility index (Phi) is 7.89. The normalized spacial score (nSPS) is 22.6. The first kappa shape index (κ1) is 25.0. The van der Waals surface area contributed by atoms with Gasteiger partial charge in [-0.1, -0.05) is 64.2 Å². The van der Waals surface area contributed by atoms with Gasteiger partial charge in [0.05, 0.1) is 11.5 Å². The molecule has 2 fully saturated rings. The SMILES string of the molecule is C=CC=C(/C=C\C(=C/C)C(F)(F)CCC)CC(C)(C)CN1CCC2(C1)CS(=O)(=O)C2. The van der Waals surface area contributed by atoms with Crippen LogP contribution in [-0.4, -0.2) is 50.4 Å². The lowest BCUT2D eigenvalue weighted by molar-refractivity contribution is 0.0352. The van der Waals surface area contributed by atoms with E-state index in [4.69, 9.17) is 0 Å². The Balaban J connectivity index is 2.01. The van der Waals surface area contributed by atoms with Gasteiger partial charge in [0.2, 0.25) is 0 Å². The molecule has 0 N–H and O–H groups in total. The summed E-state index contributed by atoms with van der Waals surface area (Å²) in [7, 11) is -2.82. The smallest absolute Gasteiger partial charge is 0.272 e. The lowest BCUT2D eigenvalue weighted by Gasteiger charge is -2.38. The van der Waals surface area contributed by atoms with E-state index in [1.807, 2.05) is 6.08 Å². The van der Waals surface area contributed by atoms with E-state index in [1.165, 1.54) is 12.2 Å². The molecule has 0 atom stereocenters. The predicted molar refractivity (Wildman–Crippen MR) is 122 cm³/mol. The second-order valence-corrected chi connectivity index (χ2v) is 11.9. The van der Waals surface area contributed by atoms with Crippen molar-refractivity contribution in [3.05, 3.63) is 48.1 Å². The number of likely N-dealkylation sites (tertiary alicyclic amines) is 1. The summed E-state index contributed by atoms with van der Waals surface area (Å²) in [6.45, 7) is 14.1. The average molecular weight is 442 g/mol. The fraction of sp³-hybridized carbons (Fsp3) is 0.667. The van der Waals surface area contributed by atoms with E-state index in [0.717, 1.165) is 38.0 Å². The van der Waals surface area contributed by atoms with Crippen molar-refractivity contribution >= 4 is 9.84 Å². The van der Waals surface area contributed by atoms with Crippen molar-refractivity contribution in [2.75, 3.05) is 31.1 Å². The first-order chi connectivity index (χ1) is 13.9. The lowest BCUT2D eigenvalue weighted by atomic mass is 9.84. The van der Waals surface area contributed by atoms with Crippen LogP contribution in [0.1, 0.15) is 53.4 Å². The van der Waals surface area contributed by atoms with E-state index in [9.17, 15) is 17.2 Å².